The molecule has 0 aromatic carbocycles. The van der Waals surface area contributed by atoms with Gasteiger partial charge in [0.25, 0.3) is 20.2 Å². The molecule has 154 valence electrons. The van der Waals surface area contributed by atoms with Gasteiger partial charge in [-0.3, -0.25) is 18.7 Å². The molecular weight excluding hydrogens is 384 g/mol. The Bertz CT molecular complexity index is 641. The largest absolute Gasteiger partial charge is 0.300 e. The van der Waals surface area contributed by atoms with Crippen molar-refractivity contribution in [1.82, 2.24) is 0 Å². The summed E-state index contributed by atoms with van der Waals surface area (Å²) in [6, 6.07) is 0. The van der Waals surface area contributed by atoms with Crippen molar-refractivity contribution in [2.24, 2.45) is 10.8 Å². The number of rotatable bonds is 13. The molecule has 10 heteroatoms. The molecule has 0 heterocycles. The topological polar surface area (TPSA) is 143 Å². The fourth-order valence-corrected chi connectivity index (χ4v) is 4.88. The zero-order valence-electron chi connectivity index (χ0n) is 15.8. The molecule has 0 aliphatic heterocycles. The lowest BCUT2D eigenvalue weighted by Gasteiger charge is -2.22. The standard InChI is InChI=1S/C16H30O8S2/c1-15(2,11-25(19,20)21)9-7-13(17)5-6-14(18)8-10-16(3,4)12-26(22,23)24/h5-12H2,1-4H3,(H,19,20,21)(H,22,23,24). The summed E-state index contributed by atoms with van der Waals surface area (Å²) in [5, 5.41) is 0. The van der Waals surface area contributed by atoms with Crippen LogP contribution in [0.15, 0.2) is 0 Å². The van der Waals surface area contributed by atoms with E-state index in [0.717, 1.165) is 0 Å². The number of carbonyl (C=O) groups excluding carboxylic acids is 2. The fraction of sp³-hybridized carbons (Fsp3) is 0.875. The first-order chi connectivity index (χ1) is 11.4. The van der Waals surface area contributed by atoms with Gasteiger partial charge in [-0.05, 0) is 23.7 Å². The van der Waals surface area contributed by atoms with Crippen LogP contribution in [0.1, 0.15) is 66.2 Å². The molecule has 0 aromatic heterocycles. The summed E-state index contributed by atoms with van der Waals surface area (Å²) in [5.74, 6) is -1.21. The highest BCUT2D eigenvalue weighted by Crippen LogP contribution is 2.26. The Labute approximate surface area is 156 Å². The summed E-state index contributed by atoms with van der Waals surface area (Å²) >= 11 is 0. The SMILES string of the molecule is CC(C)(CCC(=O)CCC(=O)CCC(C)(C)CS(=O)(=O)O)CS(=O)(=O)O. The minimum atomic E-state index is -4.12. The van der Waals surface area contributed by atoms with E-state index in [-0.39, 0.29) is 50.1 Å². The monoisotopic (exact) mass is 414 g/mol. The summed E-state index contributed by atoms with van der Waals surface area (Å²) in [6.07, 6.45) is 0.871. The molecule has 0 spiro atoms. The Morgan fingerprint density at radius 2 is 0.923 bits per heavy atom. The molecule has 0 rings (SSSR count). The average molecular weight is 415 g/mol. The fourth-order valence-electron chi connectivity index (χ4n) is 2.62. The van der Waals surface area contributed by atoms with Crippen LogP contribution in [0.3, 0.4) is 0 Å². The predicted octanol–water partition coefficient (Wildman–Crippen LogP) is 2.29. The van der Waals surface area contributed by atoms with E-state index in [1.54, 1.807) is 27.7 Å². The highest BCUT2D eigenvalue weighted by Gasteiger charge is 2.27. The number of hydrogen-bond donors (Lipinski definition) is 2. The molecule has 0 aromatic rings. The quantitative estimate of drug-likeness (QED) is 0.437. The zero-order chi connectivity index (χ0) is 20.8. The summed E-state index contributed by atoms with van der Waals surface area (Å²) < 4.78 is 61.4. The highest BCUT2D eigenvalue weighted by molar-refractivity contribution is 7.86. The maximum absolute atomic E-state index is 11.9. The second-order valence-corrected chi connectivity index (χ2v) is 11.3. The van der Waals surface area contributed by atoms with E-state index >= 15 is 0 Å². The van der Waals surface area contributed by atoms with E-state index in [1.165, 1.54) is 0 Å². The van der Waals surface area contributed by atoms with Crippen LogP contribution in [0.4, 0.5) is 0 Å². The molecule has 0 atom stereocenters. The van der Waals surface area contributed by atoms with Crippen molar-refractivity contribution in [2.45, 2.75) is 66.2 Å². The van der Waals surface area contributed by atoms with E-state index in [0.29, 0.717) is 0 Å². The van der Waals surface area contributed by atoms with E-state index in [2.05, 4.69) is 0 Å². The Morgan fingerprint density at radius 3 is 1.15 bits per heavy atom. The van der Waals surface area contributed by atoms with Gasteiger partial charge in [-0.25, -0.2) is 0 Å². The number of Topliss-reactive ketones (excluding diaryl/α,β-unsaturated/α-hetero) is 2. The summed E-state index contributed by atoms with van der Waals surface area (Å²) in [6.45, 7) is 6.54. The number of hydrogen-bond acceptors (Lipinski definition) is 6. The molecule has 0 saturated carbocycles. The minimum Gasteiger partial charge on any atom is -0.300 e. The van der Waals surface area contributed by atoms with Crippen molar-refractivity contribution >= 4 is 31.8 Å². The van der Waals surface area contributed by atoms with Gasteiger partial charge in [-0.1, -0.05) is 27.7 Å². The van der Waals surface area contributed by atoms with E-state index in [4.69, 9.17) is 9.11 Å². The molecule has 0 unspecified atom stereocenters. The van der Waals surface area contributed by atoms with Gasteiger partial charge in [0.15, 0.2) is 0 Å². The van der Waals surface area contributed by atoms with Crippen molar-refractivity contribution < 1.29 is 35.5 Å². The molecule has 2 N–H and O–H groups in total. The maximum atomic E-state index is 11.9. The van der Waals surface area contributed by atoms with Gasteiger partial charge in [-0.2, -0.15) is 16.8 Å². The Balaban J connectivity index is 4.26. The third-order valence-corrected chi connectivity index (χ3v) is 6.28. The molecule has 0 amide bonds. The molecular formula is C16H30O8S2. The lowest BCUT2D eigenvalue weighted by atomic mass is 9.87. The van der Waals surface area contributed by atoms with Gasteiger partial charge in [0.2, 0.25) is 0 Å². The van der Waals surface area contributed by atoms with Crippen molar-refractivity contribution in [2.75, 3.05) is 11.5 Å². The van der Waals surface area contributed by atoms with Crippen molar-refractivity contribution in [3.63, 3.8) is 0 Å². The van der Waals surface area contributed by atoms with Crippen LogP contribution in [-0.4, -0.2) is 49.0 Å². The van der Waals surface area contributed by atoms with Gasteiger partial charge >= 0.3 is 0 Å². The van der Waals surface area contributed by atoms with Gasteiger partial charge in [0, 0.05) is 25.7 Å². The third kappa shape index (κ3) is 14.3. The zero-order valence-corrected chi connectivity index (χ0v) is 17.5. The molecule has 0 aliphatic carbocycles. The van der Waals surface area contributed by atoms with Crippen molar-refractivity contribution in [3.05, 3.63) is 0 Å². The van der Waals surface area contributed by atoms with E-state index in [9.17, 15) is 26.4 Å². The average Bonchev–Trinajstić information content (AvgIpc) is 2.35. The van der Waals surface area contributed by atoms with Crippen LogP contribution in [0, 0.1) is 10.8 Å². The third-order valence-electron chi connectivity index (χ3n) is 3.99. The first-order valence-electron chi connectivity index (χ1n) is 8.35. The van der Waals surface area contributed by atoms with Crippen LogP contribution in [0.5, 0.6) is 0 Å². The summed E-state index contributed by atoms with van der Waals surface area (Å²) in [4.78, 5) is 23.7. The Kier molecular flexibility index (Phi) is 9.08. The van der Waals surface area contributed by atoms with Crippen LogP contribution in [-0.2, 0) is 29.8 Å². The first kappa shape index (κ1) is 25.2. The summed E-state index contributed by atoms with van der Waals surface area (Å²) in [5.41, 5.74) is -1.49. The van der Waals surface area contributed by atoms with Gasteiger partial charge in [0.1, 0.15) is 11.6 Å². The number of carbonyl (C=O) groups is 2. The van der Waals surface area contributed by atoms with Gasteiger partial charge in [-0.15, -0.1) is 0 Å². The Hall–Kier alpha value is -0.840. The lowest BCUT2D eigenvalue weighted by molar-refractivity contribution is -0.124. The molecule has 0 saturated heterocycles. The molecule has 0 fully saturated rings. The molecule has 0 bridgehead atoms. The van der Waals surface area contributed by atoms with Gasteiger partial charge in [0.05, 0.1) is 11.5 Å². The highest BCUT2D eigenvalue weighted by atomic mass is 32.2. The van der Waals surface area contributed by atoms with Crippen LogP contribution < -0.4 is 0 Å². The lowest BCUT2D eigenvalue weighted by Crippen LogP contribution is -2.25. The smallest absolute Gasteiger partial charge is 0.265 e. The molecule has 0 radical (unpaired) electrons. The van der Waals surface area contributed by atoms with Crippen molar-refractivity contribution in [1.29, 1.82) is 0 Å². The van der Waals surface area contributed by atoms with E-state index < -0.39 is 42.6 Å². The first-order valence-corrected chi connectivity index (χ1v) is 11.6. The van der Waals surface area contributed by atoms with Gasteiger partial charge < -0.3 is 0 Å². The second-order valence-electron chi connectivity index (χ2n) is 8.36. The molecule has 0 aliphatic rings. The Morgan fingerprint density at radius 1 is 0.654 bits per heavy atom. The maximum Gasteiger partial charge on any atom is 0.265 e. The minimum absolute atomic E-state index is 0.0412. The predicted molar refractivity (Wildman–Crippen MR) is 98.1 cm³/mol. The molecule has 26 heavy (non-hydrogen) atoms. The van der Waals surface area contributed by atoms with Crippen LogP contribution >= 0.6 is 0 Å². The summed E-state index contributed by atoms with van der Waals surface area (Å²) in [7, 11) is -8.23. The molecule has 8 nitrogen and oxygen atoms in total. The van der Waals surface area contributed by atoms with E-state index in [1.807, 2.05) is 0 Å². The second kappa shape index (κ2) is 9.38. The van der Waals surface area contributed by atoms with Crippen LogP contribution in [0.25, 0.3) is 0 Å². The van der Waals surface area contributed by atoms with Crippen LogP contribution in [0.2, 0.25) is 0 Å². The van der Waals surface area contributed by atoms with Crippen molar-refractivity contribution in [3.8, 4) is 0 Å². The number of ketones is 2. The normalized spacial score (nSPS) is 13.6.